The first kappa shape index (κ1) is 40.1. The van der Waals surface area contributed by atoms with Gasteiger partial charge in [-0.1, -0.05) is 0 Å². The summed E-state index contributed by atoms with van der Waals surface area (Å²) in [4.78, 5) is 0. The van der Waals surface area contributed by atoms with Crippen LogP contribution in [-0.2, 0) is 52.0 Å². The topological polar surface area (TPSA) is 30.0 Å². The first-order chi connectivity index (χ1) is 0. The smallest absolute Gasteiger partial charge is 0 e. The van der Waals surface area contributed by atoms with Crippen molar-refractivity contribution in [1.29, 1.82) is 0 Å². The summed E-state index contributed by atoms with van der Waals surface area (Å²) in [6.45, 7) is 0. The molecule has 0 bridgehead atoms. The van der Waals surface area contributed by atoms with Gasteiger partial charge >= 0.3 is 49.3 Å². The van der Waals surface area contributed by atoms with Gasteiger partial charge < -0.3 is 5.48 Å². The fraction of sp³-hybridized carbons (Fsp3) is 0. The zero-order chi connectivity index (χ0) is 0. The molecule has 0 aromatic carbocycles. The SMILES string of the molecule is [BiH3].[Hf].[MgH+].[OH-].[Zr]. The van der Waals surface area contributed by atoms with E-state index in [4.69, 9.17) is 0 Å². The van der Waals surface area contributed by atoms with Crippen LogP contribution in [0.5, 0.6) is 0 Å². The van der Waals surface area contributed by atoms with Gasteiger partial charge in [0.1, 0.15) is 0 Å². The second kappa shape index (κ2) is 26.4. The molecule has 5 heavy (non-hydrogen) atoms. The Morgan fingerprint density at radius 3 is 1.00 bits per heavy atom. The monoisotopic (exact) mass is 524 g/mol. The van der Waals surface area contributed by atoms with Gasteiger partial charge in [-0.15, -0.1) is 0 Å². The maximum atomic E-state index is 0. The molecule has 0 radical (unpaired) electrons. The van der Waals surface area contributed by atoms with Gasteiger partial charge in [0.2, 0.25) is 0 Å². The zero-order valence-electron chi connectivity index (χ0n) is 3.15. The minimum absolute atomic E-state index is 0. The van der Waals surface area contributed by atoms with Crippen LogP contribution in [0.1, 0.15) is 0 Å². The van der Waals surface area contributed by atoms with Crippen LogP contribution in [0, 0.1) is 0 Å². The summed E-state index contributed by atoms with van der Waals surface area (Å²) in [6.07, 6.45) is 0. The third kappa shape index (κ3) is 18.7. The number of hydrogen-bond acceptors (Lipinski definition) is 1. The van der Waals surface area contributed by atoms with Crippen molar-refractivity contribution in [3.8, 4) is 0 Å². The van der Waals surface area contributed by atoms with Crippen LogP contribution in [0.15, 0.2) is 0 Å². The van der Waals surface area contributed by atoms with E-state index in [1.165, 1.54) is 0 Å². The molecule has 26 valence electrons. The third-order valence-corrected chi connectivity index (χ3v) is 0. The fourth-order valence-corrected chi connectivity index (χ4v) is 0. The molecule has 0 amide bonds. The normalized spacial score (nSPS) is 0. The van der Waals surface area contributed by atoms with Crippen LogP contribution >= 0.6 is 0 Å². The van der Waals surface area contributed by atoms with Crippen molar-refractivity contribution in [2.24, 2.45) is 0 Å². The van der Waals surface area contributed by atoms with E-state index in [2.05, 4.69) is 0 Å². The molecule has 0 aliphatic heterocycles. The van der Waals surface area contributed by atoms with Crippen molar-refractivity contribution in [2.45, 2.75) is 0 Å². The van der Waals surface area contributed by atoms with Crippen molar-refractivity contribution in [3.05, 3.63) is 0 Å². The quantitative estimate of drug-likeness (QED) is 0.337. The summed E-state index contributed by atoms with van der Waals surface area (Å²) in [6, 6.07) is 0. The van der Waals surface area contributed by atoms with Crippen LogP contribution in [0.4, 0.5) is 0 Å². The van der Waals surface area contributed by atoms with E-state index >= 15 is 0 Å². The van der Waals surface area contributed by atoms with E-state index in [1.54, 1.807) is 0 Å². The molecule has 0 fully saturated rings. The first-order valence-corrected chi connectivity index (χ1v) is 0. The summed E-state index contributed by atoms with van der Waals surface area (Å²) in [5.41, 5.74) is 0. The van der Waals surface area contributed by atoms with Gasteiger partial charge in [0.25, 0.3) is 0 Å². The predicted octanol–water partition coefficient (Wildman–Crippen LogP) is -2.01. The van der Waals surface area contributed by atoms with Gasteiger partial charge in [-0.3, -0.25) is 0 Å². The first-order valence-electron chi connectivity index (χ1n) is 0. The molecule has 0 aromatic rings. The molecule has 0 aromatic heterocycles. The molecular formula is H5BiHfMgOZr. The predicted molar refractivity (Wildman–Crippen MR) is 19.0 cm³/mol. The van der Waals surface area contributed by atoms with Crippen LogP contribution in [-0.4, -0.2) is 54.7 Å². The van der Waals surface area contributed by atoms with Gasteiger partial charge in [-0.2, -0.15) is 0 Å². The molecule has 0 rings (SSSR count). The van der Waals surface area contributed by atoms with E-state index in [-0.39, 0.29) is 107 Å². The van der Waals surface area contributed by atoms with E-state index in [0.717, 1.165) is 0 Å². The van der Waals surface area contributed by atoms with Gasteiger partial charge in [0, 0.05) is 52.0 Å². The Bertz CT molecular complexity index is 11.6. The summed E-state index contributed by atoms with van der Waals surface area (Å²) >= 11 is 0. The zero-order valence-corrected chi connectivity index (χ0v) is 16.7. The van der Waals surface area contributed by atoms with E-state index in [0.29, 0.717) is 0 Å². The average Bonchev–Trinajstić information content (AvgIpc) is 0. The maximum absolute atomic E-state index is 0. The van der Waals surface area contributed by atoms with Crippen LogP contribution in [0.25, 0.3) is 0 Å². The van der Waals surface area contributed by atoms with Gasteiger partial charge in [-0.05, 0) is 0 Å². The van der Waals surface area contributed by atoms with Crippen molar-refractivity contribution in [2.75, 3.05) is 0 Å². The minimum Gasteiger partial charge on any atom is -0.870 e. The Balaban J connectivity index is 0. The van der Waals surface area contributed by atoms with Gasteiger partial charge in [-0.25, -0.2) is 0 Å². The molecule has 0 spiro atoms. The molecular weight excluding hydrogens is 519 g/mol. The molecule has 0 heterocycles. The number of rotatable bonds is 0. The van der Waals surface area contributed by atoms with E-state index in [1.807, 2.05) is 0 Å². The van der Waals surface area contributed by atoms with Crippen LogP contribution in [0.2, 0.25) is 0 Å². The Morgan fingerprint density at radius 1 is 1.00 bits per heavy atom. The largest absolute Gasteiger partial charge is 0.870 e. The molecule has 1 N–H and O–H groups in total. The summed E-state index contributed by atoms with van der Waals surface area (Å²) in [7, 11) is 0. The second-order valence-corrected chi connectivity index (χ2v) is 0. The Labute approximate surface area is 105 Å². The maximum Gasteiger partial charge on any atom is 0 e. The minimum atomic E-state index is 0. The van der Waals surface area contributed by atoms with Crippen LogP contribution < -0.4 is 0 Å². The fourth-order valence-electron chi connectivity index (χ4n) is 0. The standard InChI is InChI=1S/Bi.Hf.Mg.H2O.Zr.4H/h;;;1H2;;;;;/q;;+1;;;;;;/p-1. The molecule has 0 aliphatic rings. The molecule has 1 nitrogen and oxygen atoms in total. The van der Waals surface area contributed by atoms with Gasteiger partial charge in [0.05, 0.1) is 0 Å². The van der Waals surface area contributed by atoms with Crippen LogP contribution in [0.3, 0.4) is 0 Å². The Morgan fingerprint density at radius 2 is 1.00 bits per heavy atom. The van der Waals surface area contributed by atoms with Crippen molar-refractivity contribution >= 4 is 49.3 Å². The molecule has 5 heteroatoms. The Hall–Kier alpha value is 3.36. The van der Waals surface area contributed by atoms with Gasteiger partial charge in [0.15, 0.2) is 0 Å². The molecule has 0 saturated carbocycles. The summed E-state index contributed by atoms with van der Waals surface area (Å²) < 4.78 is 0. The van der Waals surface area contributed by atoms with Crippen molar-refractivity contribution < 1.29 is 57.5 Å². The van der Waals surface area contributed by atoms with E-state index < -0.39 is 0 Å². The molecule has 0 unspecified atom stereocenters. The average molecular weight is 524 g/mol. The van der Waals surface area contributed by atoms with Crippen molar-refractivity contribution in [3.63, 3.8) is 0 Å². The molecule has 0 atom stereocenters. The second-order valence-electron chi connectivity index (χ2n) is 0. The third-order valence-electron chi connectivity index (χ3n) is 0. The summed E-state index contributed by atoms with van der Waals surface area (Å²) in [5.74, 6) is 0. The Kier molecular flexibility index (Phi) is 211. The molecule has 0 saturated heterocycles. The number of hydrogen-bond donors (Lipinski definition) is 0. The van der Waals surface area contributed by atoms with E-state index in [9.17, 15) is 0 Å². The van der Waals surface area contributed by atoms with Crippen molar-refractivity contribution in [1.82, 2.24) is 0 Å². The molecule has 0 aliphatic carbocycles. The summed E-state index contributed by atoms with van der Waals surface area (Å²) in [5, 5.41) is 0.